The molecule has 0 aliphatic heterocycles. The van der Waals surface area contributed by atoms with E-state index in [0.717, 1.165) is 42.7 Å². The first-order chi connectivity index (χ1) is 18.2. The summed E-state index contributed by atoms with van der Waals surface area (Å²) < 4.78 is 8.12. The van der Waals surface area contributed by atoms with Gasteiger partial charge in [-0.1, -0.05) is 110 Å². The van der Waals surface area contributed by atoms with Crippen molar-refractivity contribution in [1.82, 2.24) is 4.57 Å². The van der Waals surface area contributed by atoms with Gasteiger partial charge in [-0.3, -0.25) is 5.41 Å². The quantitative estimate of drug-likeness (QED) is 0.201. The molecule has 2 atom stereocenters. The Hall–Kier alpha value is -2.03. The molecule has 1 heterocycles. The largest absolute Gasteiger partial charge is 0.494 e. The van der Waals surface area contributed by atoms with Crippen molar-refractivity contribution in [3.63, 3.8) is 0 Å². The molecule has 0 radical (unpaired) electrons. The zero-order valence-corrected chi connectivity index (χ0v) is 24.0. The number of benzene rings is 1. The molecule has 3 rings (SSSR count). The van der Waals surface area contributed by atoms with Crippen LogP contribution in [0.4, 0.5) is 0 Å². The van der Waals surface area contributed by atoms with E-state index in [9.17, 15) is 0 Å². The van der Waals surface area contributed by atoms with Crippen LogP contribution in [-0.2, 0) is 6.42 Å². The predicted molar refractivity (Wildman–Crippen MR) is 158 cm³/mol. The number of rotatable bonds is 18. The van der Waals surface area contributed by atoms with Gasteiger partial charge in [0.2, 0.25) is 0 Å². The van der Waals surface area contributed by atoms with E-state index >= 15 is 0 Å². The standard InChI is InChI=1S/C34H54N2O/c1-3-5-7-8-9-10-12-16-29-21-26-34(35)36(28-29)32-22-24-33(25-23-32)37-27-15-20-31-19-14-13-18-30(31)17-11-6-4-2/h21-26,28,30-31,35H,3-20,27H2,1-2H3. The summed E-state index contributed by atoms with van der Waals surface area (Å²) in [5, 5.41) is 8.40. The van der Waals surface area contributed by atoms with Gasteiger partial charge in [-0.05, 0) is 73.4 Å². The van der Waals surface area contributed by atoms with Crippen molar-refractivity contribution in [2.75, 3.05) is 6.61 Å². The molecular weight excluding hydrogens is 452 g/mol. The number of unbranched alkanes of at least 4 members (excludes halogenated alkanes) is 8. The Morgan fingerprint density at radius 3 is 2.05 bits per heavy atom. The summed E-state index contributed by atoms with van der Waals surface area (Å²) in [6.45, 7) is 5.39. The Kier molecular flexibility index (Phi) is 13.9. The van der Waals surface area contributed by atoms with E-state index in [-0.39, 0.29) is 0 Å². The van der Waals surface area contributed by atoms with Crippen LogP contribution < -0.4 is 10.2 Å². The average Bonchev–Trinajstić information content (AvgIpc) is 2.93. The van der Waals surface area contributed by atoms with Gasteiger partial charge in [0.15, 0.2) is 0 Å². The third-order valence-electron chi connectivity index (χ3n) is 8.43. The van der Waals surface area contributed by atoms with Gasteiger partial charge in [-0.2, -0.15) is 0 Å². The number of aromatic nitrogens is 1. The maximum Gasteiger partial charge on any atom is 0.129 e. The Morgan fingerprint density at radius 1 is 0.730 bits per heavy atom. The van der Waals surface area contributed by atoms with Gasteiger partial charge in [0.25, 0.3) is 0 Å². The summed E-state index contributed by atoms with van der Waals surface area (Å²) in [5.41, 5.74) is 2.88. The second kappa shape index (κ2) is 17.5. The van der Waals surface area contributed by atoms with Crippen molar-refractivity contribution >= 4 is 0 Å². The average molecular weight is 507 g/mol. The molecule has 37 heavy (non-hydrogen) atoms. The summed E-state index contributed by atoms with van der Waals surface area (Å²) >= 11 is 0. The SMILES string of the molecule is CCCCCCCCCc1ccc(=N)n(-c2ccc(OCCCC3CCCCC3CCCCC)cc2)c1. The normalized spacial score (nSPS) is 17.7. The molecule has 1 aromatic heterocycles. The first-order valence-electron chi connectivity index (χ1n) is 15.7. The lowest BCUT2D eigenvalue weighted by Gasteiger charge is -2.31. The van der Waals surface area contributed by atoms with E-state index in [1.165, 1.54) is 108 Å². The van der Waals surface area contributed by atoms with Crippen molar-refractivity contribution in [2.45, 2.75) is 129 Å². The molecule has 0 amide bonds. The third kappa shape index (κ3) is 10.7. The van der Waals surface area contributed by atoms with E-state index in [2.05, 4.69) is 50.4 Å². The van der Waals surface area contributed by atoms with Crippen LogP contribution in [0.5, 0.6) is 5.75 Å². The first kappa shape index (κ1) is 29.5. The number of hydrogen-bond donors (Lipinski definition) is 1. The minimum Gasteiger partial charge on any atom is -0.494 e. The second-order valence-electron chi connectivity index (χ2n) is 11.4. The maximum atomic E-state index is 8.40. The van der Waals surface area contributed by atoms with E-state index in [4.69, 9.17) is 10.1 Å². The van der Waals surface area contributed by atoms with Crippen molar-refractivity contribution in [1.29, 1.82) is 5.41 Å². The smallest absolute Gasteiger partial charge is 0.129 e. The molecule has 2 aromatic rings. The van der Waals surface area contributed by atoms with Crippen LogP contribution in [0.25, 0.3) is 5.69 Å². The number of pyridine rings is 1. The van der Waals surface area contributed by atoms with Crippen LogP contribution in [0, 0.1) is 17.2 Å². The van der Waals surface area contributed by atoms with E-state index < -0.39 is 0 Å². The molecule has 1 N–H and O–H groups in total. The molecule has 3 heteroatoms. The van der Waals surface area contributed by atoms with Gasteiger partial charge in [-0.25, -0.2) is 0 Å². The summed E-state index contributed by atoms with van der Waals surface area (Å²) in [7, 11) is 0. The Bertz CT molecular complexity index is 916. The Balaban J connectivity index is 1.42. The second-order valence-corrected chi connectivity index (χ2v) is 11.4. The molecule has 0 spiro atoms. The van der Waals surface area contributed by atoms with Crippen LogP contribution in [0.15, 0.2) is 42.6 Å². The molecule has 1 aliphatic carbocycles. The summed E-state index contributed by atoms with van der Waals surface area (Å²) in [6.07, 6.45) is 26.4. The fourth-order valence-electron chi connectivity index (χ4n) is 6.13. The van der Waals surface area contributed by atoms with Gasteiger partial charge in [0.1, 0.15) is 11.2 Å². The van der Waals surface area contributed by atoms with Crippen LogP contribution in [-0.4, -0.2) is 11.2 Å². The number of hydrogen-bond acceptors (Lipinski definition) is 2. The minimum absolute atomic E-state index is 0.526. The monoisotopic (exact) mass is 506 g/mol. The molecule has 2 unspecified atom stereocenters. The first-order valence-corrected chi connectivity index (χ1v) is 15.7. The summed E-state index contributed by atoms with van der Waals surface area (Å²) in [6, 6.07) is 12.4. The lowest BCUT2D eigenvalue weighted by Crippen LogP contribution is -2.20. The van der Waals surface area contributed by atoms with Crippen molar-refractivity contribution in [3.8, 4) is 11.4 Å². The molecule has 1 fully saturated rings. The molecule has 206 valence electrons. The van der Waals surface area contributed by atoms with Crippen molar-refractivity contribution in [3.05, 3.63) is 53.6 Å². The van der Waals surface area contributed by atoms with E-state index in [1.807, 2.05) is 10.6 Å². The fraction of sp³-hybridized carbons (Fsp3) is 0.676. The van der Waals surface area contributed by atoms with Crippen LogP contribution in [0.1, 0.15) is 129 Å². The highest BCUT2D eigenvalue weighted by Gasteiger charge is 2.24. The van der Waals surface area contributed by atoms with Gasteiger partial charge in [0, 0.05) is 11.9 Å². The summed E-state index contributed by atoms with van der Waals surface area (Å²) in [5.74, 6) is 2.81. The van der Waals surface area contributed by atoms with Crippen molar-refractivity contribution < 1.29 is 4.74 Å². The predicted octanol–water partition coefficient (Wildman–Crippen LogP) is 9.80. The molecule has 0 bridgehead atoms. The van der Waals surface area contributed by atoms with Crippen LogP contribution >= 0.6 is 0 Å². The highest BCUT2D eigenvalue weighted by Crippen LogP contribution is 2.36. The molecule has 1 saturated carbocycles. The third-order valence-corrected chi connectivity index (χ3v) is 8.43. The lowest BCUT2D eigenvalue weighted by molar-refractivity contribution is 0.190. The zero-order valence-electron chi connectivity index (χ0n) is 24.0. The molecule has 1 aliphatic rings. The molecule has 1 aromatic carbocycles. The van der Waals surface area contributed by atoms with Crippen molar-refractivity contribution in [2.24, 2.45) is 11.8 Å². The van der Waals surface area contributed by atoms with Gasteiger partial charge >= 0.3 is 0 Å². The lowest BCUT2D eigenvalue weighted by atomic mass is 9.74. The van der Waals surface area contributed by atoms with E-state index in [0.29, 0.717) is 5.49 Å². The van der Waals surface area contributed by atoms with Gasteiger partial charge < -0.3 is 9.30 Å². The topological polar surface area (TPSA) is 38.0 Å². The van der Waals surface area contributed by atoms with Gasteiger partial charge in [0.05, 0.1) is 6.61 Å². The molecular formula is C34H54N2O. The number of nitrogens with one attached hydrogen (secondary N) is 1. The van der Waals surface area contributed by atoms with Crippen LogP contribution in [0.3, 0.4) is 0 Å². The van der Waals surface area contributed by atoms with E-state index in [1.54, 1.807) is 0 Å². The molecule has 0 saturated heterocycles. The van der Waals surface area contributed by atoms with Crippen LogP contribution in [0.2, 0.25) is 0 Å². The zero-order chi connectivity index (χ0) is 26.1. The number of nitrogens with zero attached hydrogens (tertiary/aromatic N) is 1. The Morgan fingerprint density at radius 2 is 1.35 bits per heavy atom. The minimum atomic E-state index is 0.526. The fourth-order valence-corrected chi connectivity index (χ4v) is 6.13. The highest BCUT2D eigenvalue weighted by atomic mass is 16.5. The highest BCUT2D eigenvalue weighted by molar-refractivity contribution is 5.38. The Labute approximate surface area is 227 Å². The number of ether oxygens (including phenoxy) is 1. The van der Waals surface area contributed by atoms with Gasteiger partial charge in [-0.15, -0.1) is 0 Å². The maximum absolute atomic E-state index is 8.40. The summed E-state index contributed by atoms with van der Waals surface area (Å²) in [4.78, 5) is 0. The number of aryl methyl sites for hydroxylation is 1. The molecule has 3 nitrogen and oxygen atoms in total.